The minimum atomic E-state index is -0.980. The molecule has 1 aliphatic rings. The van der Waals surface area contributed by atoms with Gasteiger partial charge >= 0.3 is 5.91 Å². The molecular weight excluding hydrogens is 488 g/mol. The van der Waals surface area contributed by atoms with Gasteiger partial charge in [0.25, 0.3) is 5.78 Å². The van der Waals surface area contributed by atoms with Crippen LogP contribution in [-0.2, 0) is 9.59 Å². The fourth-order valence-corrected chi connectivity index (χ4v) is 5.44. The molecule has 176 valence electrons. The van der Waals surface area contributed by atoms with E-state index in [0.29, 0.717) is 38.2 Å². The Labute approximate surface area is 209 Å². The first-order valence-corrected chi connectivity index (χ1v) is 11.9. The number of Topliss-reactive ketones (excluding diaryl/α,β-unsaturated/α-hetero) is 2. The first kappa shape index (κ1) is 22.9. The molecule has 0 bridgehead atoms. The second kappa shape index (κ2) is 8.44. The largest absolute Gasteiger partial charge is 0.505 e. The van der Waals surface area contributed by atoms with Crippen molar-refractivity contribution in [2.45, 2.75) is 26.8 Å². The topological polar surface area (TPSA) is 105 Å². The first-order chi connectivity index (χ1) is 16.7. The Morgan fingerprint density at radius 2 is 1.77 bits per heavy atom. The van der Waals surface area contributed by atoms with Crippen LogP contribution in [-0.4, -0.2) is 36.9 Å². The number of amides is 1. The van der Waals surface area contributed by atoms with Gasteiger partial charge in [-0.3, -0.25) is 23.7 Å². The monoisotopic (exact) mass is 506 g/mol. The molecule has 1 aromatic carbocycles. The van der Waals surface area contributed by atoms with Gasteiger partial charge < -0.3 is 5.11 Å². The van der Waals surface area contributed by atoms with Gasteiger partial charge in [0.1, 0.15) is 11.3 Å². The molecule has 1 amide bonds. The van der Waals surface area contributed by atoms with Crippen molar-refractivity contribution in [1.29, 1.82) is 0 Å². The number of carbonyl (C=O) groups is 3. The summed E-state index contributed by atoms with van der Waals surface area (Å²) < 4.78 is 1.67. The molecule has 1 fully saturated rings. The van der Waals surface area contributed by atoms with Crippen LogP contribution < -0.4 is 4.90 Å². The summed E-state index contributed by atoms with van der Waals surface area (Å²) in [5.74, 6) is -2.24. The van der Waals surface area contributed by atoms with Crippen LogP contribution in [0.25, 0.3) is 11.4 Å². The van der Waals surface area contributed by atoms with Crippen LogP contribution in [0.3, 0.4) is 0 Å². The third-order valence-electron chi connectivity index (χ3n) is 5.87. The lowest BCUT2D eigenvalue weighted by atomic mass is 9.96. The van der Waals surface area contributed by atoms with Gasteiger partial charge in [-0.15, -0.1) is 0 Å². The molecule has 1 saturated heterocycles. The fourth-order valence-electron chi connectivity index (χ4n) is 4.33. The number of thiazole rings is 1. The number of ketones is 2. The molecule has 1 atom stereocenters. The van der Waals surface area contributed by atoms with Gasteiger partial charge in [-0.05, 0) is 43.7 Å². The van der Waals surface area contributed by atoms with Gasteiger partial charge in [0.2, 0.25) is 0 Å². The Bertz CT molecular complexity index is 1570. The standard InChI is InChI=1S/C25H19ClN4O4S/c1-12-19(29-11-5-4-6-17(29)27-12)21(32)18-20(15-7-9-16(26)10-8-15)30(24(34)22(18)33)25-28-13(2)23(35-25)14(3)31/h4-11,20,32H,1-3H3/b21-18+. The minimum Gasteiger partial charge on any atom is -0.505 e. The van der Waals surface area contributed by atoms with E-state index in [4.69, 9.17) is 11.6 Å². The van der Waals surface area contributed by atoms with Crippen LogP contribution in [0.4, 0.5) is 5.13 Å². The summed E-state index contributed by atoms with van der Waals surface area (Å²) in [7, 11) is 0. The fraction of sp³-hybridized carbons (Fsp3) is 0.160. The van der Waals surface area contributed by atoms with Crippen molar-refractivity contribution in [3.8, 4) is 0 Å². The summed E-state index contributed by atoms with van der Waals surface area (Å²) in [4.78, 5) is 49.3. The highest BCUT2D eigenvalue weighted by Crippen LogP contribution is 2.44. The maximum atomic E-state index is 13.4. The highest BCUT2D eigenvalue weighted by molar-refractivity contribution is 7.18. The molecule has 5 rings (SSSR count). The zero-order valence-corrected chi connectivity index (χ0v) is 20.5. The van der Waals surface area contributed by atoms with Gasteiger partial charge in [-0.1, -0.05) is 41.1 Å². The van der Waals surface area contributed by atoms with Crippen molar-refractivity contribution in [3.05, 3.63) is 86.8 Å². The maximum Gasteiger partial charge on any atom is 0.301 e. The average Bonchev–Trinajstić information content (AvgIpc) is 3.45. The highest BCUT2D eigenvalue weighted by Gasteiger charge is 2.48. The summed E-state index contributed by atoms with van der Waals surface area (Å²) in [6, 6.07) is 11.1. The predicted molar refractivity (Wildman–Crippen MR) is 133 cm³/mol. The Hall–Kier alpha value is -3.82. The lowest BCUT2D eigenvalue weighted by Crippen LogP contribution is -2.29. The molecule has 0 radical (unpaired) electrons. The molecule has 4 aromatic rings. The van der Waals surface area contributed by atoms with Gasteiger partial charge in [-0.2, -0.15) is 0 Å². The van der Waals surface area contributed by atoms with E-state index in [1.54, 1.807) is 60.8 Å². The lowest BCUT2D eigenvalue weighted by Gasteiger charge is -2.23. The third kappa shape index (κ3) is 3.64. The quantitative estimate of drug-likeness (QED) is 0.183. The number of hydrogen-bond donors (Lipinski definition) is 1. The van der Waals surface area contributed by atoms with Crippen molar-refractivity contribution in [2.75, 3.05) is 4.90 Å². The Morgan fingerprint density at radius 1 is 1.06 bits per heavy atom. The maximum absolute atomic E-state index is 13.4. The molecule has 10 heteroatoms. The zero-order valence-electron chi connectivity index (χ0n) is 18.9. The Morgan fingerprint density at radius 3 is 2.43 bits per heavy atom. The normalized spacial score (nSPS) is 17.5. The van der Waals surface area contributed by atoms with E-state index in [-0.39, 0.29) is 22.2 Å². The van der Waals surface area contributed by atoms with E-state index in [2.05, 4.69) is 9.97 Å². The van der Waals surface area contributed by atoms with E-state index in [9.17, 15) is 19.5 Å². The molecule has 1 N–H and O–H groups in total. The number of nitrogens with zero attached hydrogens (tertiary/aromatic N) is 4. The molecule has 0 saturated carbocycles. The van der Waals surface area contributed by atoms with E-state index >= 15 is 0 Å². The molecule has 0 aliphatic carbocycles. The lowest BCUT2D eigenvalue weighted by molar-refractivity contribution is -0.132. The number of pyridine rings is 1. The number of aromatic nitrogens is 3. The molecule has 8 nitrogen and oxygen atoms in total. The zero-order chi connectivity index (χ0) is 25.0. The van der Waals surface area contributed by atoms with Gasteiger partial charge in [0, 0.05) is 18.1 Å². The van der Waals surface area contributed by atoms with Crippen LogP contribution in [0.1, 0.15) is 45.3 Å². The molecule has 1 aliphatic heterocycles. The van der Waals surface area contributed by atoms with Crippen LogP contribution in [0, 0.1) is 13.8 Å². The number of imidazole rings is 1. The van der Waals surface area contributed by atoms with Crippen molar-refractivity contribution in [1.82, 2.24) is 14.4 Å². The predicted octanol–water partition coefficient (Wildman–Crippen LogP) is 4.89. The van der Waals surface area contributed by atoms with Crippen LogP contribution in [0.2, 0.25) is 5.02 Å². The van der Waals surface area contributed by atoms with Gasteiger partial charge in [-0.25, -0.2) is 9.97 Å². The minimum absolute atomic E-state index is 0.0942. The SMILES string of the molecule is CC(=O)c1sc(N2C(=O)C(=O)/C(=C(/O)c3c(C)nc4ccccn34)C2c2ccc(Cl)cc2)nc1C. The van der Waals surface area contributed by atoms with Crippen LogP contribution in [0.15, 0.2) is 54.2 Å². The number of aliphatic hydroxyl groups is 1. The number of anilines is 1. The summed E-state index contributed by atoms with van der Waals surface area (Å²) in [6.07, 6.45) is 1.72. The van der Waals surface area contributed by atoms with Crippen molar-refractivity contribution in [3.63, 3.8) is 0 Å². The Balaban J connectivity index is 1.78. The summed E-state index contributed by atoms with van der Waals surface area (Å²) in [5.41, 5.74) is 2.33. The van der Waals surface area contributed by atoms with E-state index in [1.165, 1.54) is 11.8 Å². The number of benzene rings is 1. The molecular formula is C25H19ClN4O4S. The van der Waals surface area contributed by atoms with E-state index in [1.807, 2.05) is 6.07 Å². The molecule has 0 spiro atoms. The summed E-state index contributed by atoms with van der Waals surface area (Å²) in [5, 5.41) is 12.2. The highest BCUT2D eigenvalue weighted by atomic mass is 35.5. The number of aliphatic hydroxyl groups excluding tert-OH is 1. The Kier molecular flexibility index (Phi) is 5.53. The smallest absolute Gasteiger partial charge is 0.301 e. The van der Waals surface area contributed by atoms with E-state index in [0.717, 1.165) is 11.3 Å². The van der Waals surface area contributed by atoms with Crippen molar-refractivity contribution < 1.29 is 19.5 Å². The summed E-state index contributed by atoms with van der Waals surface area (Å²) >= 11 is 7.12. The second-order valence-corrected chi connectivity index (χ2v) is 9.58. The first-order valence-electron chi connectivity index (χ1n) is 10.7. The van der Waals surface area contributed by atoms with Crippen molar-refractivity contribution >= 4 is 56.9 Å². The molecule has 35 heavy (non-hydrogen) atoms. The number of halogens is 1. The van der Waals surface area contributed by atoms with Crippen molar-refractivity contribution in [2.24, 2.45) is 0 Å². The van der Waals surface area contributed by atoms with Gasteiger partial charge in [0.05, 0.1) is 27.9 Å². The number of fused-ring (bicyclic) bond motifs is 1. The molecule has 3 aromatic heterocycles. The average molecular weight is 507 g/mol. The van der Waals surface area contributed by atoms with Crippen LogP contribution >= 0.6 is 22.9 Å². The number of aryl methyl sites for hydroxylation is 2. The summed E-state index contributed by atoms with van der Waals surface area (Å²) in [6.45, 7) is 4.81. The molecule has 1 unspecified atom stereocenters. The second-order valence-electron chi connectivity index (χ2n) is 8.16. The molecule has 4 heterocycles. The number of rotatable bonds is 4. The van der Waals surface area contributed by atoms with Crippen LogP contribution in [0.5, 0.6) is 0 Å². The third-order valence-corrected chi connectivity index (χ3v) is 7.38. The number of carbonyl (C=O) groups excluding carboxylic acids is 3. The van der Waals surface area contributed by atoms with Gasteiger partial charge in [0.15, 0.2) is 16.7 Å². The van der Waals surface area contributed by atoms with E-state index < -0.39 is 17.7 Å². The number of hydrogen-bond acceptors (Lipinski definition) is 7.